The molecule has 0 unspecified atom stereocenters. The Hall–Kier alpha value is -2.90. The largest absolute Gasteiger partial charge is 0.508 e. The summed E-state index contributed by atoms with van der Waals surface area (Å²) in [6.45, 7) is 7.05. The molecule has 0 radical (unpaired) electrons. The van der Waals surface area contributed by atoms with Crippen LogP contribution in [0.2, 0.25) is 0 Å². The smallest absolute Gasteiger partial charge is 0.326 e. The van der Waals surface area contributed by atoms with Gasteiger partial charge in [-0.3, -0.25) is 4.79 Å². The van der Waals surface area contributed by atoms with Crippen LogP contribution in [0.5, 0.6) is 5.75 Å². The molecule has 190 valence electrons. The molecule has 2 aromatic rings. The standard InChI is InChI=1S/C28H39N3O4/c1-20-18-31(15-13-28(20,2)23-10-6-11-24(32)17-23)19-22(16-21-8-4-3-5-9-21)26(33)30-25(27(34)35)12-7-14-29/h3-6,8-11,17,20,22,25,32H,7,12-16,18-19,29H2,1-2H3,(H,30,33)(H,34,35)/t20-,22+,25-,28+/m0/s1. The highest BCUT2D eigenvalue weighted by Gasteiger charge is 2.39. The highest BCUT2D eigenvalue weighted by atomic mass is 16.4. The zero-order chi connectivity index (χ0) is 25.4. The van der Waals surface area contributed by atoms with Crippen molar-refractivity contribution in [2.24, 2.45) is 17.6 Å². The first-order valence-corrected chi connectivity index (χ1v) is 12.5. The van der Waals surface area contributed by atoms with Crippen LogP contribution in [0.4, 0.5) is 0 Å². The second kappa shape index (κ2) is 12.2. The molecule has 0 spiro atoms. The number of rotatable bonds is 11. The van der Waals surface area contributed by atoms with Crippen LogP contribution in [-0.4, -0.2) is 59.2 Å². The number of piperidine rings is 1. The highest BCUT2D eigenvalue weighted by Crippen LogP contribution is 2.40. The molecule has 1 heterocycles. The summed E-state index contributed by atoms with van der Waals surface area (Å²) in [4.78, 5) is 27.3. The van der Waals surface area contributed by atoms with E-state index in [9.17, 15) is 19.8 Å². The van der Waals surface area contributed by atoms with Gasteiger partial charge in [-0.05, 0) is 73.4 Å². The van der Waals surface area contributed by atoms with Crippen LogP contribution in [0.3, 0.4) is 0 Å². The number of amides is 1. The van der Waals surface area contributed by atoms with Crippen molar-refractivity contribution in [3.05, 3.63) is 65.7 Å². The molecule has 1 saturated heterocycles. The fourth-order valence-electron chi connectivity index (χ4n) is 5.09. The maximum absolute atomic E-state index is 13.3. The first kappa shape index (κ1) is 26.7. The molecule has 0 aromatic heterocycles. The summed E-state index contributed by atoms with van der Waals surface area (Å²) in [7, 11) is 0. The molecule has 1 aliphatic heterocycles. The molecule has 1 fully saturated rings. The molecular weight excluding hydrogens is 442 g/mol. The third-order valence-corrected chi connectivity index (χ3v) is 7.56. The molecule has 5 N–H and O–H groups in total. The van der Waals surface area contributed by atoms with E-state index in [1.165, 1.54) is 0 Å². The number of aliphatic carboxylic acids is 1. The minimum atomic E-state index is -1.03. The van der Waals surface area contributed by atoms with E-state index in [4.69, 9.17) is 5.73 Å². The van der Waals surface area contributed by atoms with Gasteiger partial charge < -0.3 is 26.2 Å². The molecule has 3 rings (SSSR count). The van der Waals surface area contributed by atoms with E-state index in [1.807, 2.05) is 42.5 Å². The lowest BCUT2D eigenvalue weighted by Gasteiger charge is -2.45. The molecule has 2 aromatic carbocycles. The van der Waals surface area contributed by atoms with Gasteiger partial charge in [0.15, 0.2) is 0 Å². The summed E-state index contributed by atoms with van der Waals surface area (Å²) in [6, 6.07) is 16.4. The predicted molar refractivity (Wildman–Crippen MR) is 137 cm³/mol. The minimum absolute atomic E-state index is 0.0664. The third kappa shape index (κ3) is 7.05. The summed E-state index contributed by atoms with van der Waals surface area (Å²) in [5.41, 5.74) is 7.67. The van der Waals surface area contributed by atoms with E-state index in [1.54, 1.807) is 6.07 Å². The van der Waals surface area contributed by atoms with Crippen molar-refractivity contribution in [2.45, 2.75) is 51.0 Å². The number of nitrogens with one attached hydrogen (secondary N) is 1. The number of carboxylic acids is 1. The van der Waals surface area contributed by atoms with Gasteiger partial charge in [-0.25, -0.2) is 4.79 Å². The third-order valence-electron chi connectivity index (χ3n) is 7.56. The number of benzene rings is 2. The number of carboxylic acid groups (broad SMARTS) is 1. The molecule has 1 amide bonds. The van der Waals surface area contributed by atoms with Crippen LogP contribution < -0.4 is 11.1 Å². The molecule has 35 heavy (non-hydrogen) atoms. The van der Waals surface area contributed by atoms with Crippen LogP contribution in [0.1, 0.15) is 44.2 Å². The van der Waals surface area contributed by atoms with Gasteiger partial charge in [0.05, 0.1) is 5.92 Å². The van der Waals surface area contributed by atoms with Crippen LogP contribution in [0.15, 0.2) is 54.6 Å². The number of hydrogen-bond donors (Lipinski definition) is 4. The Labute approximate surface area is 208 Å². The first-order valence-electron chi connectivity index (χ1n) is 12.5. The lowest BCUT2D eigenvalue weighted by atomic mass is 9.68. The summed E-state index contributed by atoms with van der Waals surface area (Å²) in [5.74, 6) is -1.03. The Balaban J connectivity index is 1.72. The minimum Gasteiger partial charge on any atom is -0.508 e. The molecule has 0 bridgehead atoms. The van der Waals surface area contributed by atoms with E-state index < -0.39 is 12.0 Å². The Morgan fingerprint density at radius 3 is 2.57 bits per heavy atom. The number of phenolic OH excluding ortho intramolecular Hbond substituents is 1. The van der Waals surface area contributed by atoms with Crippen molar-refractivity contribution in [3.8, 4) is 5.75 Å². The fourth-order valence-corrected chi connectivity index (χ4v) is 5.09. The number of carbonyl (C=O) groups excluding carboxylic acids is 1. The monoisotopic (exact) mass is 481 g/mol. The number of nitrogens with two attached hydrogens (primary N) is 1. The summed E-state index contributed by atoms with van der Waals surface area (Å²) in [5, 5.41) is 22.3. The van der Waals surface area contributed by atoms with Gasteiger partial charge in [0, 0.05) is 13.1 Å². The van der Waals surface area contributed by atoms with Gasteiger partial charge in [-0.15, -0.1) is 0 Å². The number of hydrogen-bond acceptors (Lipinski definition) is 5. The Morgan fingerprint density at radius 1 is 1.20 bits per heavy atom. The first-order chi connectivity index (χ1) is 16.7. The Kier molecular flexibility index (Phi) is 9.29. The van der Waals surface area contributed by atoms with Crippen molar-refractivity contribution in [1.82, 2.24) is 10.2 Å². The number of aromatic hydroxyl groups is 1. The number of likely N-dealkylation sites (tertiary alicyclic amines) is 1. The quantitative estimate of drug-likeness (QED) is 0.392. The summed E-state index contributed by atoms with van der Waals surface area (Å²) < 4.78 is 0. The SMILES string of the molecule is C[C@H]1CN(C[C@@H](Cc2ccccc2)C(=O)N[C@@H](CCCN)C(=O)O)CC[C@@]1(C)c1cccc(O)c1. The zero-order valence-corrected chi connectivity index (χ0v) is 20.8. The lowest BCUT2D eigenvalue weighted by molar-refractivity contribution is -0.142. The van der Waals surface area contributed by atoms with Crippen LogP contribution >= 0.6 is 0 Å². The normalized spacial score (nSPS) is 22.3. The molecular formula is C28H39N3O4. The maximum Gasteiger partial charge on any atom is 0.326 e. The van der Waals surface area contributed by atoms with Gasteiger partial charge >= 0.3 is 5.97 Å². The fraction of sp³-hybridized carbons (Fsp3) is 0.500. The second-order valence-electron chi connectivity index (χ2n) is 10.1. The van der Waals surface area contributed by atoms with E-state index in [0.717, 1.165) is 30.6 Å². The molecule has 0 aliphatic carbocycles. The Bertz CT molecular complexity index is 983. The van der Waals surface area contributed by atoms with Gasteiger partial charge in [0.1, 0.15) is 11.8 Å². The summed E-state index contributed by atoms with van der Waals surface area (Å²) in [6.07, 6.45) is 2.31. The van der Waals surface area contributed by atoms with Crippen molar-refractivity contribution in [3.63, 3.8) is 0 Å². The molecule has 4 atom stereocenters. The van der Waals surface area contributed by atoms with Crippen molar-refractivity contribution < 1.29 is 19.8 Å². The number of carbonyl (C=O) groups is 2. The van der Waals surface area contributed by atoms with Crippen molar-refractivity contribution >= 4 is 11.9 Å². The van der Waals surface area contributed by atoms with Crippen molar-refractivity contribution in [1.29, 1.82) is 0 Å². The van der Waals surface area contributed by atoms with E-state index in [0.29, 0.717) is 38.3 Å². The van der Waals surface area contributed by atoms with Gasteiger partial charge in [-0.2, -0.15) is 0 Å². The topological polar surface area (TPSA) is 116 Å². The van der Waals surface area contributed by atoms with Gasteiger partial charge in [-0.1, -0.05) is 56.3 Å². The lowest BCUT2D eigenvalue weighted by Crippen LogP contribution is -2.51. The Morgan fingerprint density at radius 2 is 1.94 bits per heavy atom. The van der Waals surface area contributed by atoms with Gasteiger partial charge in [0.25, 0.3) is 0 Å². The molecule has 7 heteroatoms. The molecule has 1 aliphatic rings. The average molecular weight is 482 g/mol. The molecule has 7 nitrogen and oxygen atoms in total. The summed E-state index contributed by atoms with van der Waals surface area (Å²) >= 11 is 0. The zero-order valence-electron chi connectivity index (χ0n) is 20.8. The van der Waals surface area contributed by atoms with Crippen LogP contribution in [0.25, 0.3) is 0 Å². The van der Waals surface area contributed by atoms with Crippen molar-refractivity contribution in [2.75, 3.05) is 26.2 Å². The van der Waals surface area contributed by atoms with E-state index >= 15 is 0 Å². The maximum atomic E-state index is 13.3. The number of nitrogens with zero attached hydrogens (tertiary/aromatic N) is 1. The van der Waals surface area contributed by atoms with Crippen LogP contribution in [-0.2, 0) is 21.4 Å². The van der Waals surface area contributed by atoms with Crippen LogP contribution in [0, 0.1) is 11.8 Å². The second-order valence-corrected chi connectivity index (χ2v) is 10.1. The average Bonchev–Trinajstić information content (AvgIpc) is 2.84. The molecule has 0 saturated carbocycles. The van der Waals surface area contributed by atoms with E-state index in [-0.39, 0.29) is 23.0 Å². The van der Waals surface area contributed by atoms with Gasteiger partial charge in [0.2, 0.25) is 5.91 Å². The van der Waals surface area contributed by atoms with E-state index in [2.05, 4.69) is 30.1 Å². The number of phenols is 1. The highest BCUT2D eigenvalue weighted by molar-refractivity contribution is 5.85. The predicted octanol–water partition coefficient (Wildman–Crippen LogP) is 3.16.